The van der Waals surface area contributed by atoms with Gasteiger partial charge in [0.15, 0.2) is 0 Å². The van der Waals surface area contributed by atoms with Crippen LogP contribution in [-0.4, -0.2) is 17.8 Å². The minimum absolute atomic E-state index is 0.0753. The van der Waals surface area contributed by atoms with Crippen LogP contribution in [0.3, 0.4) is 0 Å². The molecule has 1 unspecified atom stereocenters. The van der Waals surface area contributed by atoms with Crippen LogP contribution in [-0.2, 0) is 6.54 Å². The number of aliphatic hydroxyl groups is 1. The Morgan fingerprint density at radius 1 is 1.25 bits per heavy atom. The van der Waals surface area contributed by atoms with Crippen molar-refractivity contribution in [1.82, 2.24) is 5.32 Å². The first-order valence-corrected chi connectivity index (χ1v) is 5.63. The second kappa shape index (κ2) is 5.32. The zero-order valence-corrected chi connectivity index (χ0v) is 10.3. The average Bonchev–Trinajstić information content (AvgIpc) is 2.19. The van der Waals surface area contributed by atoms with Crippen LogP contribution in [0.4, 0.5) is 5.69 Å². The van der Waals surface area contributed by atoms with Gasteiger partial charge < -0.3 is 16.2 Å². The smallest absolute Gasteiger partial charge is 0.0712 e. The summed E-state index contributed by atoms with van der Waals surface area (Å²) in [4.78, 5) is 0. The summed E-state index contributed by atoms with van der Waals surface area (Å²) in [6.07, 6.45) is -0.332. The lowest BCUT2D eigenvalue weighted by Crippen LogP contribution is -2.36. The van der Waals surface area contributed by atoms with Crippen molar-refractivity contribution in [2.24, 2.45) is 5.41 Å². The van der Waals surface area contributed by atoms with Gasteiger partial charge in [-0.15, -0.1) is 0 Å². The van der Waals surface area contributed by atoms with E-state index in [4.69, 9.17) is 5.73 Å². The topological polar surface area (TPSA) is 58.3 Å². The van der Waals surface area contributed by atoms with E-state index in [1.165, 1.54) is 5.56 Å². The molecule has 0 aliphatic heterocycles. The minimum Gasteiger partial charge on any atom is -0.399 e. The molecule has 16 heavy (non-hydrogen) atoms. The van der Waals surface area contributed by atoms with Gasteiger partial charge in [0.1, 0.15) is 0 Å². The molecule has 0 aliphatic rings. The van der Waals surface area contributed by atoms with Crippen molar-refractivity contribution in [2.45, 2.75) is 33.4 Å². The van der Waals surface area contributed by atoms with Gasteiger partial charge in [-0.1, -0.05) is 32.9 Å². The molecule has 0 amide bonds. The highest BCUT2D eigenvalue weighted by Gasteiger charge is 2.21. The first-order chi connectivity index (χ1) is 7.39. The summed E-state index contributed by atoms with van der Waals surface area (Å²) in [6, 6.07) is 7.76. The highest BCUT2D eigenvalue weighted by Crippen LogP contribution is 2.18. The van der Waals surface area contributed by atoms with Crippen LogP contribution in [0.2, 0.25) is 0 Å². The number of aliphatic hydroxyl groups excluding tert-OH is 1. The Morgan fingerprint density at radius 3 is 2.31 bits per heavy atom. The number of hydrogen-bond donors (Lipinski definition) is 3. The third-order valence-electron chi connectivity index (χ3n) is 2.65. The molecule has 3 nitrogen and oxygen atoms in total. The molecule has 0 bridgehead atoms. The van der Waals surface area contributed by atoms with E-state index in [2.05, 4.69) is 5.32 Å². The summed E-state index contributed by atoms with van der Waals surface area (Å²) >= 11 is 0. The lowest BCUT2D eigenvalue weighted by atomic mass is 9.89. The van der Waals surface area contributed by atoms with Gasteiger partial charge in [0.25, 0.3) is 0 Å². The fourth-order valence-electron chi connectivity index (χ4n) is 1.29. The fraction of sp³-hybridized carbons (Fsp3) is 0.538. The minimum atomic E-state index is -0.332. The van der Waals surface area contributed by atoms with Gasteiger partial charge in [-0.25, -0.2) is 0 Å². The Labute approximate surface area is 97.7 Å². The normalized spacial score (nSPS) is 13.8. The van der Waals surface area contributed by atoms with E-state index < -0.39 is 0 Å². The van der Waals surface area contributed by atoms with Crippen molar-refractivity contribution in [3.8, 4) is 0 Å². The van der Waals surface area contributed by atoms with Gasteiger partial charge in [0, 0.05) is 18.8 Å². The molecule has 3 heteroatoms. The van der Waals surface area contributed by atoms with E-state index in [0.717, 1.165) is 12.2 Å². The van der Waals surface area contributed by atoms with Crippen molar-refractivity contribution < 1.29 is 5.11 Å². The molecule has 0 spiro atoms. The van der Waals surface area contributed by atoms with Crippen molar-refractivity contribution in [2.75, 3.05) is 12.3 Å². The summed E-state index contributed by atoms with van der Waals surface area (Å²) in [6.45, 7) is 7.45. The van der Waals surface area contributed by atoms with Gasteiger partial charge in [0.2, 0.25) is 0 Å². The third kappa shape index (κ3) is 4.21. The second-order valence-corrected chi connectivity index (χ2v) is 5.25. The van der Waals surface area contributed by atoms with Gasteiger partial charge in [-0.05, 0) is 23.1 Å². The van der Waals surface area contributed by atoms with Crippen LogP contribution in [0.25, 0.3) is 0 Å². The van der Waals surface area contributed by atoms with Crippen LogP contribution in [0.15, 0.2) is 24.3 Å². The summed E-state index contributed by atoms with van der Waals surface area (Å²) < 4.78 is 0. The van der Waals surface area contributed by atoms with Crippen molar-refractivity contribution in [3.63, 3.8) is 0 Å². The zero-order valence-electron chi connectivity index (χ0n) is 10.3. The van der Waals surface area contributed by atoms with Crippen molar-refractivity contribution in [1.29, 1.82) is 0 Å². The maximum Gasteiger partial charge on any atom is 0.0712 e. The molecule has 1 atom stereocenters. The second-order valence-electron chi connectivity index (χ2n) is 5.25. The third-order valence-corrected chi connectivity index (χ3v) is 2.65. The fourth-order valence-corrected chi connectivity index (χ4v) is 1.29. The van der Waals surface area contributed by atoms with Crippen LogP contribution in [0.5, 0.6) is 0 Å². The standard InChI is InChI=1S/C13H22N2O/c1-13(2,3)12(16)9-15-8-10-4-6-11(14)7-5-10/h4-7,12,15-16H,8-9,14H2,1-3H3. The SMILES string of the molecule is CC(C)(C)C(O)CNCc1ccc(N)cc1. The number of hydrogen-bond acceptors (Lipinski definition) is 3. The summed E-state index contributed by atoms with van der Waals surface area (Å²) in [5.74, 6) is 0. The predicted octanol–water partition coefficient (Wildman–Crippen LogP) is 1.77. The molecule has 1 aromatic rings. The zero-order chi connectivity index (χ0) is 12.2. The summed E-state index contributed by atoms with van der Waals surface area (Å²) in [7, 11) is 0. The van der Waals surface area contributed by atoms with Gasteiger partial charge in [-0.3, -0.25) is 0 Å². The molecular weight excluding hydrogens is 200 g/mol. The maximum absolute atomic E-state index is 9.83. The van der Waals surface area contributed by atoms with E-state index in [0.29, 0.717) is 6.54 Å². The van der Waals surface area contributed by atoms with Crippen molar-refractivity contribution >= 4 is 5.69 Å². The lowest BCUT2D eigenvalue weighted by molar-refractivity contribution is 0.0628. The summed E-state index contributed by atoms with van der Waals surface area (Å²) in [5, 5.41) is 13.1. The van der Waals surface area contributed by atoms with Crippen LogP contribution in [0, 0.1) is 5.41 Å². The molecule has 0 radical (unpaired) electrons. The molecule has 0 heterocycles. The Hall–Kier alpha value is -1.06. The van der Waals surface area contributed by atoms with E-state index in [1.807, 2.05) is 45.0 Å². The number of benzene rings is 1. The molecule has 0 saturated heterocycles. The van der Waals surface area contributed by atoms with Crippen molar-refractivity contribution in [3.05, 3.63) is 29.8 Å². The lowest BCUT2D eigenvalue weighted by Gasteiger charge is -2.26. The number of nitrogen functional groups attached to an aromatic ring is 1. The monoisotopic (exact) mass is 222 g/mol. The Kier molecular flexibility index (Phi) is 4.33. The molecule has 90 valence electrons. The number of nitrogens with one attached hydrogen (secondary N) is 1. The molecule has 0 aromatic heterocycles. The first kappa shape index (κ1) is 13.0. The molecule has 1 rings (SSSR count). The number of anilines is 1. The Morgan fingerprint density at radius 2 is 1.81 bits per heavy atom. The quantitative estimate of drug-likeness (QED) is 0.680. The van der Waals surface area contributed by atoms with Gasteiger partial charge in [-0.2, -0.15) is 0 Å². The van der Waals surface area contributed by atoms with Crippen LogP contribution < -0.4 is 11.1 Å². The number of nitrogens with two attached hydrogens (primary N) is 1. The summed E-state index contributed by atoms with van der Waals surface area (Å²) in [5.41, 5.74) is 7.48. The van der Waals surface area contributed by atoms with Gasteiger partial charge in [0.05, 0.1) is 6.10 Å². The average molecular weight is 222 g/mol. The Bertz CT molecular complexity index is 314. The first-order valence-electron chi connectivity index (χ1n) is 5.63. The molecule has 0 fully saturated rings. The van der Waals surface area contributed by atoms with Crippen LogP contribution in [0.1, 0.15) is 26.3 Å². The maximum atomic E-state index is 9.83. The van der Waals surface area contributed by atoms with E-state index in [-0.39, 0.29) is 11.5 Å². The van der Waals surface area contributed by atoms with E-state index in [1.54, 1.807) is 0 Å². The van der Waals surface area contributed by atoms with Gasteiger partial charge >= 0.3 is 0 Å². The molecule has 4 N–H and O–H groups in total. The molecule has 0 saturated carbocycles. The predicted molar refractivity (Wildman–Crippen MR) is 68.0 cm³/mol. The van der Waals surface area contributed by atoms with E-state index in [9.17, 15) is 5.11 Å². The Balaban J connectivity index is 2.33. The van der Waals surface area contributed by atoms with E-state index >= 15 is 0 Å². The van der Waals surface area contributed by atoms with Crippen LogP contribution >= 0.6 is 0 Å². The highest BCUT2D eigenvalue weighted by molar-refractivity contribution is 5.39. The highest BCUT2D eigenvalue weighted by atomic mass is 16.3. The largest absolute Gasteiger partial charge is 0.399 e. The number of rotatable bonds is 4. The molecule has 1 aromatic carbocycles. The molecular formula is C13H22N2O. The molecule has 0 aliphatic carbocycles.